The average Bonchev–Trinajstić information content (AvgIpc) is 3.11. The van der Waals surface area contributed by atoms with Crippen LogP contribution in [0.2, 0.25) is 0 Å². The minimum absolute atomic E-state index is 0.0707. The van der Waals surface area contributed by atoms with Gasteiger partial charge in [-0.3, -0.25) is 9.59 Å². The smallest absolute Gasteiger partial charge is 0.319 e. The molecule has 7 nitrogen and oxygen atoms in total. The largest absolute Gasteiger partial charge is 0.480 e. The standard InChI is InChI=1S/C20H21F2N3O4/c1-11-12(2)29-17(20(3,18(11)26)19(27)28)7-6-15-10-25(24-23-15)9-13-4-5-14(21)8-16(13)22/h4-5,8,10,12,17H,1,6-7,9H2,2-3H3,(H,27,28)/t12-,17+,20-/m1/s1. The number of carboxylic acid groups (broad SMARTS) is 1. The molecule has 1 aliphatic heterocycles. The van der Waals surface area contributed by atoms with Crippen molar-refractivity contribution in [3.63, 3.8) is 0 Å². The second kappa shape index (κ2) is 7.82. The Morgan fingerprint density at radius 3 is 2.79 bits per heavy atom. The zero-order valence-corrected chi connectivity index (χ0v) is 16.1. The maximum Gasteiger partial charge on any atom is 0.319 e. The monoisotopic (exact) mass is 405 g/mol. The Labute approximate surface area is 166 Å². The number of carbonyl (C=O) groups excluding carboxylic acids is 1. The number of ketones is 1. The number of benzene rings is 1. The minimum atomic E-state index is -1.73. The lowest BCUT2D eigenvalue weighted by molar-refractivity contribution is -0.172. The van der Waals surface area contributed by atoms with Crippen LogP contribution in [-0.4, -0.2) is 44.1 Å². The SMILES string of the molecule is C=C1C(=O)[C@](C)(C(=O)O)[C@H](CCc2cn(Cc3ccc(F)cc3F)nn2)O[C@@H]1C. The molecule has 3 rings (SSSR count). The van der Waals surface area contributed by atoms with Crippen molar-refractivity contribution in [3.05, 3.63) is 59.4 Å². The molecule has 1 aliphatic rings. The molecule has 0 aliphatic carbocycles. The summed E-state index contributed by atoms with van der Waals surface area (Å²) < 4.78 is 34.0. The van der Waals surface area contributed by atoms with E-state index in [9.17, 15) is 23.5 Å². The number of Topliss-reactive ketones (excluding diaryl/α,β-unsaturated/α-hetero) is 1. The summed E-state index contributed by atoms with van der Waals surface area (Å²) in [5.41, 5.74) is -0.793. The molecule has 0 bridgehead atoms. The molecule has 0 radical (unpaired) electrons. The molecule has 1 N–H and O–H groups in total. The van der Waals surface area contributed by atoms with E-state index in [1.54, 1.807) is 13.1 Å². The van der Waals surface area contributed by atoms with Gasteiger partial charge in [-0.1, -0.05) is 17.9 Å². The van der Waals surface area contributed by atoms with Gasteiger partial charge in [0, 0.05) is 23.4 Å². The number of aliphatic carboxylic acids is 1. The molecular weight excluding hydrogens is 384 g/mol. The highest BCUT2D eigenvalue weighted by Gasteiger charge is 2.53. The number of aromatic nitrogens is 3. The normalized spacial score (nSPS) is 24.7. The Kier molecular flexibility index (Phi) is 5.61. The first-order chi connectivity index (χ1) is 13.6. The fourth-order valence-electron chi connectivity index (χ4n) is 3.35. The van der Waals surface area contributed by atoms with E-state index < -0.39 is 41.0 Å². The lowest BCUT2D eigenvalue weighted by Gasteiger charge is -2.40. The third-order valence-electron chi connectivity index (χ3n) is 5.31. The van der Waals surface area contributed by atoms with Gasteiger partial charge in [-0.15, -0.1) is 5.10 Å². The Bertz CT molecular complexity index is 974. The Balaban J connectivity index is 1.70. The molecule has 1 fully saturated rings. The summed E-state index contributed by atoms with van der Waals surface area (Å²) in [5, 5.41) is 17.5. The number of nitrogens with zero attached hydrogens (tertiary/aromatic N) is 3. The van der Waals surface area contributed by atoms with Crippen LogP contribution in [0.5, 0.6) is 0 Å². The molecule has 1 aromatic carbocycles. The van der Waals surface area contributed by atoms with E-state index in [4.69, 9.17) is 4.74 Å². The molecule has 2 heterocycles. The number of aryl methyl sites for hydroxylation is 1. The summed E-state index contributed by atoms with van der Waals surface area (Å²) in [6.07, 6.45) is 0.708. The second-order valence-electron chi connectivity index (χ2n) is 7.31. The van der Waals surface area contributed by atoms with E-state index in [0.29, 0.717) is 12.1 Å². The number of hydrogen-bond donors (Lipinski definition) is 1. The highest BCUT2D eigenvalue weighted by molar-refractivity contribution is 6.12. The topological polar surface area (TPSA) is 94.3 Å². The maximum atomic E-state index is 13.8. The molecular formula is C20H21F2N3O4. The van der Waals surface area contributed by atoms with E-state index in [1.165, 1.54) is 17.7 Å². The minimum Gasteiger partial charge on any atom is -0.480 e. The van der Waals surface area contributed by atoms with Crippen LogP contribution in [0.3, 0.4) is 0 Å². The lowest BCUT2D eigenvalue weighted by atomic mass is 9.72. The number of ether oxygens (including phenoxy) is 1. The van der Waals surface area contributed by atoms with Crippen molar-refractivity contribution in [2.24, 2.45) is 5.41 Å². The Morgan fingerprint density at radius 2 is 2.14 bits per heavy atom. The van der Waals surface area contributed by atoms with Crippen molar-refractivity contribution in [3.8, 4) is 0 Å². The van der Waals surface area contributed by atoms with Crippen LogP contribution in [-0.2, 0) is 27.3 Å². The van der Waals surface area contributed by atoms with Crippen LogP contribution in [0, 0.1) is 17.0 Å². The van der Waals surface area contributed by atoms with Gasteiger partial charge in [0.25, 0.3) is 0 Å². The van der Waals surface area contributed by atoms with E-state index in [-0.39, 0.29) is 24.1 Å². The van der Waals surface area contributed by atoms with Gasteiger partial charge >= 0.3 is 5.97 Å². The van der Waals surface area contributed by atoms with Gasteiger partial charge in [-0.25, -0.2) is 13.5 Å². The van der Waals surface area contributed by atoms with Gasteiger partial charge in [-0.05, 0) is 32.8 Å². The van der Waals surface area contributed by atoms with Gasteiger partial charge in [0.05, 0.1) is 24.4 Å². The molecule has 154 valence electrons. The molecule has 29 heavy (non-hydrogen) atoms. The number of carboxylic acids is 1. The van der Waals surface area contributed by atoms with Gasteiger partial charge in [0.15, 0.2) is 11.2 Å². The fraction of sp³-hybridized carbons (Fsp3) is 0.400. The Hall–Kier alpha value is -2.94. The summed E-state index contributed by atoms with van der Waals surface area (Å²) in [6, 6.07) is 3.29. The molecule has 3 atom stereocenters. The van der Waals surface area contributed by atoms with Crippen molar-refractivity contribution in [2.45, 2.75) is 45.4 Å². The summed E-state index contributed by atoms with van der Waals surface area (Å²) >= 11 is 0. The van der Waals surface area contributed by atoms with Crippen LogP contribution in [0.1, 0.15) is 31.5 Å². The molecule has 0 unspecified atom stereocenters. The third-order valence-corrected chi connectivity index (χ3v) is 5.31. The van der Waals surface area contributed by atoms with Crippen LogP contribution < -0.4 is 0 Å². The van der Waals surface area contributed by atoms with Gasteiger partial charge < -0.3 is 9.84 Å². The highest BCUT2D eigenvalue weighted by Crippen LogP contribution is 2.38. The van der Waals surface area contributed by atoms with Crippen molar-refractivity contribution in [1.29, 1.82) is 0 Å². The predicted molar refractivity (Wildman–Crippen MR) is 98.0 cm³/mol. The number of carbonyl (C=O) groups is 2. The first-order valence-corrected chi connectivity index (χ1v) is 9.08. The fourth-order valence-corrected chi connectivity index (χ4v) is 3.35. The molecule has 2 aromatic rings. The molecule has 0 saturated carbocycles. The van der Waals surface area contributed by atoms with Crippen molar-refractivity contribution >= 4 is 11.8 Å². The molecule has 1 aromatic heterocycles. The average molecular weight is 405 g/mol. The van der Waals surface area contributed by atoms with Crippen LogP contribution >= 0.6 is 0 Å². The number of halogens is 2. The summed E-state index contributed by atoms with van der Waals surface area (Å²) in [7, 11) is 0. The molecule has 9 heteroatoms. The zero-order chi connectivity index (χ0) is 21.3. The van der Waals surface area contributed by atoms with E-state index in [0.717, 1.165) is 12.1 Å². The van der Waals surface area contributed by atoms with Gasteiger partial charge in [0.1, 0.15) is 11.6 Å². The van der Waals surface area contributed by atoms with Gasteiger partial charge in [0.2, 0.25) is 0 Å². The van der Waals surface area contributed by atoms with E-state index in [1.807, 2.05) is 0 Å². The zero-order valence-electron chi connectivity index (χ0n) is 16.1. The maximum absolute atomic E-state index is 13.8. The lowest BCUT2D eigenvalue weighted by Crippen LogP contribution is -2.54. The number of rotatable bonds is 6. The molecule has 0 amide bonds. The first-order valence-electron chi connectivity index (χ1n) is 9.08. The molecule has 0 spiro atoms. The van der Waals surface area contributed by atoms with Crippen molar-refractivity contribution in [2.75, 3.05) is 0 Å². The third kappa shape index (κ3) is 3.95. The summed E-state index contributed by atoms with van der Waals surface area (Å²) in [6.45, 7) is 6.71. The quantitative estimate of drug-likeness (QED) is 0.586. The second-order valence-corrected chi connectivity index (χ2v) is 7.31. The predicted octanol–water partition coefficient (Wildman–Crippen LogP) is 2.54. The van der Waals surface area contributed by atoms with Crippen LogP contribution in [0.4, 0.5) is 8.78 Å². The van der Waals surface area contributed by atoms with E-state index >= 15 is 0 Å². The van der Waals surface area contributed by atoms with Crippen LogP contribution in [0.25, 0.3) is 0 Å². The van der Waals surface area contributed by atoms with E-state index in [2.05, 4.69) is 16.9 Å². The van der Waals surface area contributed by atoms with Gasteiger partial charge in [-0.2, -0.15) is 0 Å². The summed E-state index contributed by atoms with van der Waals surface area (Å²) in [5.74, 6) is -3.14. The van der Waals surface area contributed by atoms with Crippen molar-refractivity contribution < 1.29 is 28.2 Å². The summed E-state index contributed by atoms with van der Waals surface area (Å²) in [4.78, 5) is 24.3. The first kappa shape index (κ1) is 20.8. The van der Waals surface area contributed by atoms with Crippen molar-refractivity contribution in [1.82, 2.24) is 15.0 Å². The Morgan fingerprint density at radius 1 is 1.41 bits per heavy atom. The number of hydrogen-bond acceptors (Lipinski definition) is 5. The van der Waals surface area contributed by atoms with Crippen LogP contribution in [0.15, 0.2) is 36.5 Å². The highest BCUT2D eigenvalue weighted by atomic mass is 19.1. The molecule has 1 saturated heterocycles.